The largest absolute Gasteiger partial charge is 0.508 e. The zero-order chi connectivity index (χ0) is 82.7. The summed E-state index contributed by atoms with van der Waals surface area (Å²) < 4.78 is 85.0. The topological polar surface area (TPSA) is 278 Å². The van der Waals surface area contributed by atoms with E-state index in [1.54, 1.807) is 239 Å². The second-order valence-electron chi connectivity index (χ2n) is 27.4. The Morgan fingerprint density at radius 1 is 0.265 bits per heavy atom. The van der Waals surface area contributed by atoms with E-state index >= 15 is 0 Å². The van der Waals surface area contributed by atoms with Crippen molar-refractivity contribution in [2.45, 2.75) is 51.9 Å². The molecule has 0 fully saturated rings. The molecule has 0 aliphatic heterocycles. The number of hydrogen-bond donors (Lipinski definition) is 4. The molecule has 0 saturated carbocycles. The summed E-state index contributed by atoms with van der Waals surface area (Å²) >= 11 is 0. The lowest BCUT2D eigenvalue weighted by molar-refractivity contribution is -0.00886. The van der Waals surface area contributed by atoms with Gasteiger partial charge in [0.15, 0.2) is 6.79 Å². The minimum atomic E-state index is -0.658. The van der Waals surface area contributed by atoms with Crippen molar-refractivity contribution in [2.24, 2.45) is 0 Å². The minimum absolute atomic E-state index is 0.000550. The van der Waals surface area contributed by atoms with Crippen LogP contribution in [0.5, 0.6) is 92.0 Å². The van der Waals surface area contributed by atoms with Crippen molar-refractivity contribution >= 4 is 23.9 Å². The van der Waals surface area contributed by atoms with Crippen LogP contribution in [-0.4, -0.2) is 121 Å². The highest BCUT2D eigenvalue weighted by Crippen LogP contribution is 2.46. The fourth-order valence-corrected chi connectivity index (χ4v) is 14.6. The van der Waals surface area contributed by atoms with Crippen LogP contribution in [-0.2, 0) is 54.4 Å². The molecule has 0 bridgehead atoms. The molecule has 0 aromatic heterocycles. The van der Waals surface area contributed by atoms with Crippen molar-refractivity contribution in [3.8, 4) is 92.0 Å². The lowest BCUT2D eigenvalue weighted by atomic mass is 9.91. The van der Waals surface area contributed by atoms with E-state index in [0.29, 0.717) is 147 Å². The molecule has 4 N–H and O–H groups in total. The number of aryl methyl sites for hydroxylation is 1. The first-order valence-electron chi connectivity index (χ1n) is 37.3. The van der Waals surface area contributed by atoms with Gasteiger partial charge in [-0.15, -0.1) is 0 Å². The number of esters is 4. The number of phenols is 4. The van der Waals surface area contributed by atoms with Crippen molar-refractivity contribution in [1.29, 1.82) is 0 Å². The zero-order valence-electron chi connectivity index (χ0n) is 66.1. The molecule has 0 radical (unpaired) electrons. The van der Waals surface area contributed by atoms with Crippen LogP contribution >= 0.6 is 0 Å². The molecule has 12 rings (SSSR count). The van der Waals surface area contributed by atoms with Gasteiger partial charge in [0.25, 0.3) is 0 Å². The third kappa shape index (κ3) is 20.3. The normalized spacial score (nSPS) is 10.9. The molecule has 0 amide bonds. The predicted molar refractivity (Wildman–Crippen MR) is 437 cm³/mol. The molecule has 22 heteroatoms. The summed E-state index contributed by atoms with van der Waals surface area (Å²) in [5.74, 6) is 0.891. The SMILES string of the molecule is COCCOCOc1ccc(OC(=O)c2ccccc2)cc1Cc1cc(O)cc(Cc2cc(OC(=O)c3ccccc3)cc(Cc3cc(O)cc(Cc4cc(OC(=O)c5ccccc5)cc(Cc5cc(O)cc(Cc6cc(OC(=O)c7ccccc7)cc(Cc7cc(O)cc(C)c7OC)c6OC)c5OC)c4OC)c3OC)c2OC)c1OC. The van der Waals surface area contributed by atoms with Gasteiger partial charge >= 0.3 is 23.9 Å². The molecule has 12 aromatic carbocycles. The molecule has 0 aliphatic rings. The van der Waals surface area contributed by atoms with E-state index in [1.807, 2.05) is 6.92 Å². The molecule has 0 atom stereocenters. The van der Waals surface area contributed by atoms with E-state index < -0.39 is 23.9 Å². The van der Waals surface area contributed by atoms with E-state index in [4.69, 9.17) is 66.3 Å². The van der Waals surface area contributed by atoms with Crippen LogP contribution in [0.25, 0.3) is 0 Å². The number of ether oxygens (including phenoxy) is 14. The smallest absolute Gasteiger partial charge is 0.343 e. The summed E-state index contributed by atoms with van der Waals surface area (Å²) in [7, 11) is 12.1. The molecule has 12 aromatic rings. The van der Waals surface area contributed by atoms with E-state index in [0.717, 1.165) is 0 Å². The summed E-state index contributed by atoms with van der Waals surface area (Å²) in [4.78, 5) is 55.3. The number of carbonyl (C=O) groups is 4. The Hall–Kier alpha value is -14.0. The average molecular weight is 1580 g/mol. The third-order valence-corrected chi connectivity index (χ3v) is 19.4. The summed E-state index contributed by atoms with van der Waals surface area (Å²) in [5.41, 5.74) is 9.03. The highest BCUT2D eigenvalue weighted by molar-refractivity contribution is 5.93. The maximum absolute atomic E-state index is 14.1. The Morgan fingerprint density at radius 3 is 0.778 bits per heavy atom. The lowest BCUT2D eigenvalue weighted by Gasteiger charge is -2.22. The molecule has 22 nitrogen and oxygen atoms in total. The number of methoxy groups -OCH3 is 8. The summed E-state index contributed by atoms with van der Waals surface area (Å²) in [6.45, 7) is 2.29. The van der Waals surface area contributed by atoms with Crippen LogP contribution in [0.3, 0.4) is 0 Å². The second kappa shape index (κ2) is 38.7. The van der Waals surface area contributed by atoms with Crippen LogP contribution in [0.4, 0.5) is 0 Å². The molecular formula is C95H88O22. The Balaban J connectivity index is 0.917. The van der Waals surface area contributed by atoms with Gasteiger partial charge in [0.05, 0.1) is 85.2 Å². The van der Waals surface area contributed by atoms with Crippen LogP contribution in [0.15, 0.2) is 224 Å². The average Bonchev–Trinajstić information content (AvgIpc) is 0.784. The van der Waals surface area contributed by atoms with E-state index in [1.165, 1.54) is 42.7 Å². The highest BCUT2D eigenvalue weighted by Gasteiger charge is 2.28. The van der Waals surface area contributed by atoms with Crippen LogP contribution < -0.4 is 56.8 Å². The van der Waals surface area contributed by atoms with Crippen molar-refractivity contribution in [3.63, 3.8) is 0 Å². The fraction of sp³-hybridized carbons (Fsp3) is 0.200. The molecular weight excluding hydrogens is 1490 g/mol. The van der Waals surface area contributed by atoms with Gasteiger partial charge in [0.1, 0.15) is 92.0 Å². The molecule has 600 valence electrons. The van der Waals surface area contributed by atoms with Crippen LogP contribution in [0, 0.1) is 6.92 Å². The predicted octanol–water partition coefficient (Wildman–Crippen LogP) is 16.9. The van der Waals surface area contributed by atoms with Gasteiger partial charge in [0.2, 0.25) is 0 Å². The number of phenolic OH excluding ortho intramolecular Hbond substituents is 4. The maximum Gasteiger partial charge on any atom is 0.343 e. The third-order valence-electron chi connectivity index (χ3n) is 19.4. The van der Waals surface area contributed by atoms with Gasteiger partial charge in [-0.05, 0) is 164 Å². The molecule has 0 saturated heterocycles. The quantitative estimate of drug-likeness (QED) is 0.0124. The number of aromatic hydroxyl groups is 4. The summed E-state index contributed by atoms with van der Waals surface area (Å²) in [5, 5.41) is 46.3. The van der Waals surface area contributed by atoms with E-state index in [-0.39, 0.29) is 115 Å². The van der Waals surface area contributed by atoms with Gasteiger partial charge in [-0.25, -0.2) is 19.2 Å². The van der Waals surface area contributed by atoms with Gasteiger partial charge in [-0.1, -0.05) is 72.8 Å². The van der Waals surface area contributed by atoms with Crippen molar-refractivity contribution < 1.29 is 106 Å². The summed E-state index contributed by atoms with van der Waals surface area (Å²) in [6, 6.07) is 61.7. The first-order valence-corrected chi connectivity index (χ1v) is 37.3. The van der Waals surface area contributed by atoms with Gasteiger partial charge in [-0.2, -0.15) is 0 Å². The highest BCUT2D eigenvalue weighted by atomic mass is 16.7. The van der Waals surface area contributed by atoms with Crippen molar-refractivity contribution in [1.82, 2.24) is 0 Å². The first kappa shape index (κ1) is 82.5. The standard InChI is InChI=1S/C95H88O22/c1-57-34-76(96)42-63(85(57)105-3)36-70-50-81(115-93(101)59-24-16-11-17-25-59)51-71(89(70)109-7)38-66-45-78(98)46-67(87(66)107-5)40-74-54-83(117-95(103)61-28-20-13-21-29-61)55-75(91(74)111-9)41-69-48-79(99)47-68(88(69)108-6)39-73-53-82(116-94(102)60-26-18-12-19-27-60)52-72(90(73)110-8)37-65-44-77(97)43-64(86(65)106-4)35-62-49-80(114-92(100)58-22-14-10-15-23-58)30-31-84(62)113-56-112-33-32-104-2/h10-31,34,42-55,96-99H,32-33,35-41,56H2,1-9H3. The molecule has 117 heavy (non-hydrogen) atoms. The fourth-order valence-electron chi connectivity index (χ4n) is 14.6. The maximum atomic E-state index is 14.1. The Labute approximate surface area is 677 Å². The lowest BCUT2D eigenvalue weighted by Crippen LogP contribution is -2.11. The molecule has 0 heterocycles. The monoisotopic (exact) mass is 1580 g/mol. The Kier molecular flexibility index (Phi) is 27.3. The summed E-state index contributed by atoms with van der Waals surface area (Å²) in [6.07, 6.45) is 0.296. The van der Waals surface area contributed by atoms with Gasteiger partial charge < -0.3 is 86.7 Å². The Morgan fingerprint density at radius 2 is 0.504 bits per heavy atom. The molecule has 0 unspecified atom stereocenters. The van der Waals surface area contributed by atoms with Gasteiger partial charge in [-0.3, -0.25) is 0 Å². The van der Waals surface area contributed by atoms with E-state index in [9.17, 15) is 39.6 Å². The van der Waals surface area contributed by atoms with Crippen LogP contribution in [0.1, 0.15) is 125 Å². The zero-order valence-corrected chi connectivity index (χ0v) is 66.1. The first-order chi connectivity index (χ1) is 56.8. The van der Waals surface area contributed by atoms with Crippen molar-refractivity contribution in [2.75, 3.05) is 76.9 Å². The van der Waals surface area contributed by atoms with Crippen molar-refractivity contribution in [3.05, 3.63) is 330 Å². The number of benzene rings is 12. The molecule has 0 spiro atoms. The second-order valence-corrected chi connectivity index (χ2v) is 27.4. The van der Waals surface area contributed by atoms with E-state index in [2.05, 4.69) is 0 Å². The number of rotatable bonds is 35. The number of carbonyl (C=O) groups excluding carboxylic acids is 4. The van der Waals surface area contributed by atoms with Crippen LogP contribution in [0.2, 0.25) is 0 Å². The Bertz CT molecular complexity index is 5550. The molecule has 0 aliphatic carbocycles. The number of hydrogen-bond acceptors (Lipinski definition) is 22. The minimum Gasteiger partial charge on any atom is -0.508 e. The van der Waals surface area contributed by atoms with Gasteiger partial charge in [0, 0.05) is 130 Å².